The van der Waals surface area contributed by atoms with Crippen molar-refractivity contribution in [2.45, 2.75) is 38.5 Å². The van der Waals surface area contributed by atoms with E-state index in [0.29, 0.717) is 0 Å². The van der Waals surface area contributed by atoms with Gasteiger partial charge < -0.3 is 0 Å². The Balaban J connectivity index is 1.58. The normalized spacial score (nSPS) is 72.0. The summed E-state index contributed by atoms with van der Waals surface area (Å²) in [5.41, 5.74) is 0. The van der Waals surface area contributed by atoms with Gasteiger partial charge in [-0.1, -0.05) is 0 Å². The smallest absolute Gasteiger partial charge is 0.0321 e. The molecule has 5 fully saturated rings. The van der Waals surface area contributed by atoms with E-state index in [1.807, 2.05) is 0 Å². The van der Waals surface area contributed by atoms with Crippen molar-refractivity contribution in [3.8, 4) is 0 Å². The lowest BCUT2D eigenvalue weighted by Gasteiger charge is -2.47. The molecule has 5 aliphatic rings. The molecule has 0 aromatic heterocycles. The maximum atomic E-state index is 1.67. The predicted molar refractivity (Wildman–Crippen MR) is 55.6 cm³/mol. The Morgan fingerprint density at radius 2 is 1.21 bits per heavy atom. The largest absolute Gasteiger partial charge is 0.0499 e. The fraction of sp³-hybridized carbons (Fsp3) is 1.00. The minimum atomic E-state index is 1.22. The average molecular weight is 188 g/mol. The third kappa shape index (κ3) is 0.581. The highest BCUT2D eigenvalue weighted by Gasteiger charge is 2.66. The second-order valence-electron chi connectivity index (χ2n) is 6.95. The molecule has 0 radical (unpaired) electrons. The Morgan fingerprint density at radius 3 is 1.93 bits per heavy atom. The summed E-state index contributed by atoms with van der Waals surface area (Å²) in [6.07, 6.45) is 9.79. The van der Waals surface area contributed by atoms with E-state index < -0.39 is 0 Å². The molecular formula is C14H20. The fourth-order valence-corrected chi connectivity index (χ4v) is 6.53. The van der Waals surface area contributed by atoms with Crippen molar-refractivity contribution in [1.29, 1.82) is 0 Å². The van der Waals surface area contributed by atoms with E-state index in [1.165, 1.54) is 47.3 Å². The Kier molecular flexibility index (Phi) is 1.08. The highest BCUT2D eigenvalue weighted by atomic mass is 14.7. The summed E-state index contributed by atoms with van der Waals surface area (Å²) in [5, 5.41) is 0. The van der Waals surface area contributed by atoms with Crippen molar-refractivity contribution >= 4 is 0 Å². The molecule has 0 nitrogen and oxygen atoms in total. The van der Waals surface area contributed by atoms with Crippen LogP contribution >= 0.6 is 0 Å². The molecule has 0 aliphatic heterocycles. The molecule has 14 heavy (non-hydrogen) atoms. The van der Waals surface area contributed by atoms with Crippen molar-refractivity contribution in [2.75, 3.05) is 0 Å². The first kappa shape index (κ1) is 7.30. The van der Waals surface area contributed by atoms with Gasteiger partial charge >= 0.3 is 0 Å². The van der Waals surface area contributed by atoms with E-state index >= 15 is 0 Å². The van der Waals surface area contributed by atoms with Gasteiger partial charge in [-0.15, -0.1) is 0 Å². The zero-order valence-electron chi connectivity index (χ0n) is 8.86. The van der Waals surface area contributed by atoms with Gasteiger partial charge in [0.25, 0.3) is 0 Å². The molecule has 5 rings (SSSR count). The lowest BCUT2D eigenvalue weighted by Crippen LogP contribution is -2.41. The monoisotopic (exact) mass is 188 g/mol. The Bertz CT molecular complexity index is 290. The SMILES string of the molecule is C1CC2C1CC1C3CC(C4CCC34)C21. The molecule has 0 amide bonds. The van der Waals surface area contributed by atoms with Crippen LogP contribution < -0.4 is 0 Å². The number of hydrogen-bond donors (Lipinski definition) is 0. The average Bonchev–Trinajstić information content (AvgIpc) is 2.57. The molecule has 0 saturated heterocycles. The van der Waals surface area contributed by atoms with E-state index in [1.54, 1.807) is 38.5 Å². The van der Waals surface area contributed by atoms with Crippen LogP contribution in [0.4, 0.5) is 0 Å². The van der Waals surface area contributed by atoms with Crippen LogP contribution in [0, 0.1) is 47.3 Å². The van der Waals surface area contributed by atoms with Crippen LogP contribution in [0.3, 0.4) is 0 Å². The van der Waals surface area contributed by atoms with E-state index in [9.17, 15) is 0 Å². The van der Waals surface area contributed by atoms with Crippen LogP contribution in [0.5, 0.6) is 0 Å². The van der Waals surface area contributed by atoms with Crippen molar-refractivity contribution in [1.82, 2.24) is 0 Å². The quantitative estimate of drug-likeness (QED) is 0.547. The van der Waals surface area contributed by atoms with Crippen LogP contribution in [0.2, 0.25) is 0 Å². The minimum Gasteiger partial charge on any atom is -0.0499 e. The third-order valence-corrected chi connectivity index (χ3v) is 7.11. The molecule has 8 atom stereocenters. The second kappa shape index (κ2) is 2.08. The lowest BCUT2D eigenvalue weighted by molar-refractivity contribution is 0.0119. The summed E-state index contributed by atoms with van der Waals surface area (Å²) in [7, 11) is 0. The summed E-state index contributed by atoms with van der Waals surface area (Å²) in [5.74, 6) is 9.87. The molecule has 76 valence electrons. The summed E-state index contributed by atoms with van der Waals surface area (Å²) in [4.78, 5) is 0. The molecule has 0 N–H and O–H groups in total. The van der Waals surface area contributed by atoms with E-state index in [0.717, 1.165) is 0 Å². The minimum absolute atomic E-state index is 1.22. The fourth-order valence-electron chi connectivity index (χ4n) is 6.53. The van der Waals surface area contributed by atoms with Gasteiger partial charge in [0.05, 0.1) is 0 Å². The summed E-state index contributed by atoms with van der Waals surface area (Å²) in [6, 6.07) is 0. The zero-order chi connectivity index (χ0) is 8.86. The molecule has 0 aromatic rings. The van der Waals surface area contributed by atoms with Gasteiger partial charge in [0.15, 0.2) is 0 Å². The lowest BCUT2D eigenvalue weighted by atomic mass is 9.58. The zero-order valence-corrected chi connectivity index (χ0v) is 8.86. The molecule has 5 saturated carbocycles. The number of rotatable bonds is 0. The summed E-state index contributed by atoms with van der Waals surface area (Å²) >= 11 is 0. The van der Waals surface area contributed by atoms with Crippen molar-refractivity contribution < 1.29 is 0 Å². The van der Waals surface area contributed by atoms with Crippen LogP contribution in [0.25, 0.3) is 0 Å². The first-order valence-corrected chi connectivity index (χ1v) is 6.93. The van der Waals surface area contributed by atoms with Gasteiger partial charge in [0.1, 0.15) is 0 Å². The first-order valence-electron chi connectivity index (χ1n) is 6.93. The Morgan fingerprint density at radius 1 is 0.500 bits per heavy atom. The van der Waals surface area contributed by atoms with E-state index in [2.05, 4.69) is 0 Å². The van der Waals surface area contributed by atoms with Crippen molar-refractivity contribution in [3.63, 3.8) is 0 Å². The van der Waals surface area contributed by atoms with Gasteiger partial charge in [0, 0.05) is 0 Å². The summed E-state index contributed by atoms with van der Waals surface area (Å²) in [6.45, 7) is 0. The molecule has 0 heteroatoms. The maximum Gasteiger partial charge on any atom is -0.0321 e. The molecule has 0 aromatic carbocycles. The van der Waals surface area contributed by atoms with Gasteiger partial charge in [0.2, 0.25) is 0 Å². The molecule has 0 spiro atoms. The molecular weight excluding hydrogens is 168 g/mol. The topological polar surface area (TPSA) is 0 Å². The first-order chi connectivity index (χ1) is 6.93. The number of hydrogen-bond acceptors (Lipinski definition) is 0. The number of fused-ring (bicyclic) bond motifs is 10. The summed E-state index contributed by atoms with van der Waals surface area (Å²) < 4.78 is 0. The van der Waals surface area contributed by atoms with Crippen molar-refractivity contribution in [3.05, 3.63) is 0 Å². The van der Waals surface area contributed by atoms with Crippen LogP contribution in [0.15, 0.2) is 0 Å². The highest BCUT2D eigenvalue weighted by Crippen LogP contribution is 2.73. The van der Waals surface area contributed by atoms with E-state index in [4.69, 9.17) is 0 Å². The Hall–Kier alpha value is 0. The van der Waals surface area contributed by atoms with Gasteiger partial charge in [-0.25, -0.2) is 0 Å². The van der Waals surface area contributed by atoms with Crippen molar-refractivity contribution in [2.24, 2.45) is 47.3 Å². The standard InChI is InChI=1S/C14H20/c1-2-8-7(1)5-12-11-6-13(14(8)12)10-4-3-9(10)11/h7-14H,1-6H2. The third-order valence-electron chi connectivity index (χ3n) is 7.11. The van der Waals surface area contributed by atoms with Crippen LogP contribution in [-0.2, 0) is 0 Å². The van der Waals surface area contributed by atoms with Crippen LogP contribution in [-0.4, -0.2) is 0 Å². The molecule has 0 heterocycles. The van der Waals surface area contributed by atoms with E-state index in [-0.39, 0.29) is 0 Å². The maximum absolute atomic E-state index is 1.67. The second-order valence-corrected chi connectivity index (χ2v) is 6.95. The molecule has 5 aliphatic carbocycles. The van der Waals surface area contributed by atoms with Gasteiger partial charge in [-0.3, -0.25) is 0 Å². The van der Waals surface area contributed by atoms with Gasteiger partial charge in [-0.05, 0) is 85.9 Å². The van der Waals surface area contributed by atoms with Crippen LogP contribution in [0.1, 0.15) is 38.5 Å². The Labute approximate surface area is 86.5 Å². The molecule has 2 bridgehead atoms. The molecule has 8 unspecified atom stereocenters. The van der Waals surface area contributed by atoms with Gasteiger partial charge in [-0.2, -0.15) is 0 Å². The predicted octanol–water partition coefficient (Wildman–Crippen LogP) is 3.32. The highest BCUT2D eigenvalue weighted by molar-refractivity contribution is 5.15.